The normalized spacial score (nSPS) is 12.9. The van der Waals surface area contributed by atoms with Crippen molar-refractivity contribution in [3.63, 3.8) is 0 Å². The average molecular weight is 381 g/mol. The Hall–Kier alpha value is -3.19. The van der Waals surface area contributed by atoms with E-state index in [-0.39, 0.29) is 17.8 Å². The van der Waals surface area contributed by atoms with Crippen molar-refractivity contribution in [1.29, 1.82) is 0 Å². The highest BCUT2D eigenvalue weighted by Crippen LogP contribution is 2.17. The minimum Gasteiger partial charge on any atom is -0.404 e. The summed E-state index contributed by atoms with van der Waals surface area (Å²) in [6, 6.07) is 11.4. The van der Waals surface area contributed by atoms with Crippen molar-refractivity contribution >= 4 is 23.5 Å². The number of allylic oxidation sites excluding steroid dienone is 1. The maximum atomic E-state index is 12.7. The quantitative estimate of drug-likeness (QED) is 0.577. The molecular formula is C21H27N5O2. The van der Waals surface area contributed by atoms with Crippen LogP contribution in [0.3, 0.4) is 0 Å². The van der Waals surface area contributed by atoms with Gasteiger partial charge in [-0.05, 0) is 18.1 Å². The zero-order valence-electron chi connectivity index (χ0n) is 16.3. The molecule has 0 aliphatic carbocycles. The van der Waals surface area contributed by atoms with E-state index < -0.39 is 0 Å². The van der Waals surface area contributed by atoms with Crippen LogP contribution in [0.5, 0.6) is 0 Å². The largest absolute Gasteiger partial charge is 0.404 e. The van der Waals surface area contributed by atoms with Crippen molar-refractivity contribution in [2.24, 2.45) is 10.7 Å². The molecule has 0 spiro atoms. The molecule has 0 saturated heterocycles. The van der Waals surface area contributed by atoms with E-state index in [1.54, 1.807) is 25.5 Å². The van der Waals surface area contributed by atoms with Crippen LogP contribution in [-0.4, -0.2) is 36.8 Å². The fourth-order valence-corrected chi connectivity index (χ4v) is 2.59. The van der Waals surface area contributed by atoms with Crippen LogP contribution in [-0.2, 0) is 11.3 Å². The molecule has 2 aromatic rings. The van der Waals surface area contributed by atoms with Gasteiger partial charge >= 0.3 is 0 Å². The number of nitrogens with zero attached hydrogens (tertiary/aromatic N) is 2. The lowest BCUT2D eigenvalue weighted by molar-refractivity contribution is 0.0792. The topological polar surface area (TPSA) is 116 Å². The molecule has 0 bridgehead atoms. The van der Waals surface area contributed by atoms with Gasteiger partial charge in [-0.1, -0.05) is 37.3 Å². The van der Waals surface area contributed by atoms with Gasteiger partial charge < -0.3 is 21.5 Å². The Balaban J connectivity index is 2.03. The first-order chi connectivity index (χ1) is 13.6. The molecule has 1 atom stereocenters. The lowest BCUT2D eigenvalue weighted by Crippen LogP contribution is -2.38. The van der Waals surface area contributed by atoms with Crippen LogP contribution in [0.25, 0.3) is 5.57 Å². The van der Waals surface area contributed by atoms with Crippen molar-refractivity contribution in [1.82, 2.24) is 10.3 Å². The SMILES string of the molecule is CCC(COCc1ccccc1)NC(=O)c1cc(C(C=NC)=CN)cnc1N. The first kappa shape index (κ1) is 21.1. The fourth-order valence-electron chi connectivity index (χ4n) is 2.59. The monoisotopic (exact) mass is 381 g/mol. The van der Waals surface area contributed by atoms with Crippen molar-refractivity contribution in [3.05, 3.63) is 65.5 Å². The number of rotatable bonds is 9. The molecule has 7 heteroatoms. The van der Waals surface area contributed by atoms with Crippen LogP contribution in [0.4, 0.5) is 5.82 Å². The third kappa shape index (κ3) is 5.92. The summed E-state index contributed by atoms with van der Waals surface area (Å²) in [6.07, 6.45) is 5.30. The fraction of sp³-hybridized carbons (Fsp3) is 0.286. The predicted octanol–water partition coefficient (Wildman–Crippen LogP) is 2.39. The molecule has 0 aliphatic heterocycles. The van der Waals surface area contributed by atoms with E-state index >= 15 is 0 Å². The second kappa shape index (κ2) is 10.8. The summed E-state index contributed by atoms with van der Waals surface area (Å²) in [7, 11) is 1.64. The standard InChI is InChI=1S/C21H27N5O2/c1-3-18(14-28-13-15-7-5-4-6-8-15)26-21(27)19-9-16(12-25-20(19)23)17(10-22)11-24-2/h4-12,18H,3,13-14,22H2,1-2H3,(H2,23,25)(H,26,27). The number of hydrogen-bond donors (Lipinski definition) is 3. The predicted molar refractivity (Wildman–Crippen MR) is 113 cm³/mol. The smallest absolute Gasteiger partial charge is 0.255 e. The number of carbonyl (C=O) groups is 1. The van der Waals surface area contributed by atoms with Crippen LogP contribution in [0, 0.1) is 0 Å². The van der Waals surface area contributed by atoms with Gasteiger partial charge in [-0.2, -0.15) is 0 Å². The Labute approximate surface area is 165 Å². The van der Waals surface area contributed by atoms with Gasteiger partial charge in [0.15, 0.2) is 0 Å². The molecule has 1 unspecified atom stereocenters. The van der Waals surface area contributed by atoms with Crippen LogP contribution in [0.15, 0.2) is 53.8 Å². The first-order valence-corrected chi connectivity index (χ1v) is 9.11. The van der Waals surface area contributed by atoms with Crippen LogP contribution in [0.2, 0.25) is 0 Å². The Morgan fingerprint density at radius 3 is 2.75 bits per heavy atom. The van der Waals surface area contributed by atoms with Gasteiger partial charge in [0.05, 0.1) is 24.8 Å². The van der Waals surface area contributed by atoms with Crippen molar-refractivity contribution < 1.29 is 9.53 Å². The molecule has 0 fully saturated rings. The number of aliphatic imine (C=N–C) groups is 1. The van der Waals surface area contributed by atoms with Crippen LogP contribution in [0.1, 0.15) is 34.8 Å². The van der Waals surface area contributed by atoms with Gasteiger partial charge in [0.2, 0.25) is 0 Å². The highest BCUT2D eigenvalue weighted by molar-refractivity contribution is 6.10. The summed E-state index contributed by atoms with van der Waals surface area (Å²) >= 11 is 0. The second-order valence-corrected chi connectivity index (χ2v) is 6.25. The van der Waals surface area contributed by atoms with Gasteiger partial charge in [-0.25, -0.2) is 4.98 Å². The molecular weight excluding hydrogens is 354 g/mol. The lowest BCUT2D eigenvalue weighted by atomic mass is 10.1. The summed E-state index contributed by atoms with van der Waals surface area (Å²) in [4.78, 5) is 20.8. The molecule has 1 amide bonds. The number of amides is 1. The van der Waals surface area contributed by atoms with E-state index in [4.69, 9.17) is 16.2 Å². The number of anilines is 1. The van der Waals surface area contributed by atoms with Gasteiger partial charge in [0, 0.05) is 36.8 Å². The van der Waals surface area contributed by atoms with E-state index in [9.17, 15) is 4.79 Å². The van der Waals surface area contributed by atoms with E-state index in [2.05, 4.69) is 15.3 Å². The number of ether oxygens (including phenoxy) is 1. The molecule has 0 radical (unpaired) electrons. The summed E-state index contributed by atoms with van der Waals surface area (Å²) in [6.45, 7) is 2.88. The third-order valence-corrected chi connectivity index (χ3v) is 4.20. The number of nitrogens with two attached hydrogens (primary N) is 2. The molecule has 5 N–H and O–H groups in total. The number of aromatic nitrogens is 1. The Morgan fingerprint density at radius 2 is 2.11 bits per heavy atom. The van der Waals surface area contributed by atoms with Gasteiger partial charge in [-0.3, -0.25) is 9.79 Å². The molecule has 1 aromatic carbocycles. The Morgan fingerprint density at radius 1 is 1.36 bits per heavy atom. The van der Waals surface area contributed by atoms with Gasteiger partial charge in [-0.15, -0.1) is 0 Å². The van der Waals surface area contributed by atoms with Crippen molar-refractivity contribution in [2.75, 3.05) is 19.4 Å². The van der Waals surface area contributed by atoms with Crippen molar-refractivity contribution in [2.45, 2.75) is 26.0 Å². The zero-order valence-corrected chi connectivity index (χ0v) is 16.3. The molecule has 7 nitrogen and oxygen atoms in total. The van der Waals surface area contributed by atoms with E-state index in [1.165, 1.54) is 6.20 Å². The van der Waals surface area contributed by atoms with Crippen molar-refractivity contribution in [3.8, 4) is 0 Å². The van der Waals surface area contributed by atoms with Crippen LogP contribution < -0.4 is 16.8 Å². The Bertz CT molecular complexity index is 834. The van der Waals surface area contributed by atoms with Crippen LogP contribution >= 0.6 is 0 Å². The summed E-state index contributed by atoms with van der Waals surface area (Å²) in [5.74, 6) is -0.141. The maximum absolute atomic E-state index is 12.7. The highest BCUT2D eigenvalue weighted by Gasteiger charge is 2.17. The molecule has 1 aromatic heterocycles. The minimum absolute atomic E-state index is 0.138. The summed E-state index contributed by atoms with van der Waals surface area (Å²) in [5.41, 5.74) is 14.2. The average Bonchev–Trinajstić information content (AvgIpc) is 2.72. The van der Waals surface area contributed by atoms with Gasteiger partial charge in [0.1, 0.15) is 5.82 Å². The molecule has 148 valence electrons. The van der Waals surface area contributed by atoms with E-state index in [0.29, 0.717) is 29.9 Å². The van der Waals surface area contributed by atoms with Gasteiger partial charge in [0.25, 0.3) is 5.91 Å². The summed E-state index contributed by atoms with van der Waals surface area (Å²) in [5, 5.41) is 2.96. The molecule has 28 heavy (non-hydrogen) atoms. The zero-order chi connectivity index (χ0) is 20.4. The number of nitrogens with one attached hydrogen (secondary N) is 1. The molecule has 2 rings (SSSR count). The second-order valence-electron chi connectivity index (χ2n) is 6.25. The number of nitrogen functional groups attached to an aromatic ring is 1. The van der Waals surface area contributed by atoms with E-state index in [1.807, 2.05) is 37.3 Å². The molecule has 0 aliphatic rings. The summed E-state index contributed by atoms with van der Waals surface area (Å²) < 4.78 is 5.75. The number of pyridine rings is 1. The molecule has 0 saturated carbocycles. The number of carbonyl (C=O) groups excluding carboxylic acids is 1. The highest BCUT2D eigenvalue weighted by atomic mass is 16.5. The maximum Gasteiger partial charge on any atom is 0.255 e. The third-order valence-electron chi connectivity index (χ3n) is 4.20. The lowest BCUT2D eigenvalue weighted by Gasteiger charge is -2.18. The first-order valence-electron chi connectivity index (χ1n) is 9.11. The number of benzene rings is 1. The van der Waals surface area contributed by atoms with E-state index in [0.717, 1.165) is 12.0 Å². The number of hydrogen-bond acceptors (Lipinski definition) is 6. The molecule has 1 heterocycles. The minimum atomic E-state index is -0.299. The Kier molecular flexibility index (Phi) is 8.17.